The van der Waals surface area contributed by atoms with Crippen molar-refractivity contribution < 1.29 is 13.5 Å². The zero-order valence-electron chi connectivity index (χ0n) is 7.24. The molecular formula is C8H6Cl3F2NO. The summed E-state index contributed by atoms with van der Waals surface area (Å²) >= 11 is 17.1. The molecule has 15 heavy (non-hydrogen) atoms. The molecule has 0 aliphatic carbocycles. The van der Waals surface area contributed by atoms with E-state index in [1.165, 1.54) is 6.07 Å². The first-order valence-corrected chi connectivity index (χ1v) is 4.92. The first-order valence-electron chi connectivity index (χ1n) is 3.78. The zero-order chi connectivity index (χ0) is 11.6. The van der Waals surface area contributed by atoms with Crippen molar-refractivity contribution >= 4 is 34.8 Å². The van der Waals surface area contributed by atoms with Gasteiger partial charge >= 0.3 is 6.61 Å². The molecule has 0 amide bonds. The Labute approximate surface area is 99.9 Å². The minimum absolute atomic E-state index is 0.0508. The van der Waals surface area contributed by atoms with Gasteiger partial charge in [-0.25, -0.2) is 0 Å². The summed E-state index contributed by atoms with van der Waals surface area (Å²) < 4.78 is 28.3. The van der Waals surface area contributed by atoms with Crippen molar-refractivity contribution in [3.05, 3.63) is 26.7 Å². The molecule has 0 aromatic heterocycles. The molecule has 2 N–H and O–H groups in total. The molecule has 7 heteroatoms. The normalized spacial score (nSPS) is 10.9. The molecule has 0 saturated carbocycles. The number of ether oxygens (including phenoxy) is 1. The maximum atomic E-state index is 12.1. The fourth-order valence-corrected chi connectivity index (χ4v) is 1.79. The molecule has 0 atom stereocenters. The Morgan fingerprint density at radius 3 is 2.33 bits per heavy atom. The van der Waals surface area contributed by atoms with Crippen LogP contribution in [0.25, 0.3) is 0 Å². The molecule has 0 aliphatic heterocycles. The summed E-state index contributed by atoms with van der Waals surface area (Å²) in [6, 6.07) is 1.22. The van der Waals surface area contributed by atoms with E-state index in [2.05, 4.69) is 4.74 Å². The lowest BCUT2D eigenvalue weighted by Crippen LogP contribution is -2.08. The summed E-state index contributed by atoms with van der Waals surface area (Å²) in [6.45, 7) is -3.09. The van der Waals surface area contributed by atoms with Gasteiger partial charge in [-0.2, -0.15) is 8.78 Å². The van der Waals surface area contributed by atoms with Crippen LogP contribution in [0.15, 0.2) is 6.07 Å². The molecule has 0 bridgehead atoms. The van der Waals surface area contributed by atoms with E-state index in [-0.39, 0.29) is 32.9 Å². The average Bonchev–Trinajstić information content (AvgIpc) is 2.14. The quantitative estimate of drug-likeness (QED) is 0.854. The molecule has 0 spiro atoms. The number of benzene rings is 1. The van der Waals surface area contributed by atoms with E-state index in [0.717, 1.165) is 0 Å². The van der Waals surface area contributed by atoms with Crippen LogP contribution in [0.2, 0.25) is 15.1 Å². The highest BCUT2D eigenvalue weighted by Gasteiger charge is 2.18. The van der Waals surface area contributed by atoms with Gasteiger partial charge in [0, 0.05) is 12.1 Å². The molecule has 0 aliphatic rings. The van der Waals surface area contributed by atoms with Gasteiger partial charge < -0.3 is 10.5 Å². The van der Waals surface area contributed by atoms with Gasteiger partial charge in [0.25, 0.3) is 0 Å². The Kier molecular flexibility index (Phi) is 4.40. The third-order valence-electron chi connectivity index (χ3n) is 1.63. The van der Waals surface area contributed by atoms with Crippen molar-refractivity contribution in [3.63, 3.8) is 0 Å². The van der Waals surface area contributed by atoms with Crippen molar-refractivity contribution in [3.8, 4) is 5.75 Å². The van der Waals surface area contributed by atoms with Crippen LogP contribution in [-0.4, -0.2) is 6.61 Å². The highest BCUT2D eigenvalue weighted by molar-refractivity contribution is 6.44. The van der Waals surface area contributed by atoms with Crippen molar-refractivity contribution in [1.82, 2.24) is 0 Å². The van der Waals surface area contributed by atoms with Crippen molar-refractivity contribution in [2.45, 2.75) is 13.2 Å². The lowest BCUT2D eigenvalue weighted by molar-refractivity contribution is -0.0503. The first kappa shape index (κ1) is 12.8. The Bertz CT molecular complexity index is 373. The SMILES string of the molecule is NCc1c(Cl)c(Cl)cc(Cl)c1OC(F)F. The zero-order valence-corrected chi connectivity index (χ0v) is 9.51. The van der Waals surface area contributed by atoms with Gasteiger partial charge in [-0.05, 0) is 6.07 Å². The smallest absolute Gasteiger partial charge is 0.387 e. The summed E-state index contributed by atoms with van der Waals surface area (Å²) in [5.74, 6) is -0.233. The minimum Gasteiger partial charge on any atom is -0.433 e. The molecule has 0 radical (unpaired) electrons. The first-order chi connectivity index (χ1) is 6.97. The summed E-state index contributed by atoms with van der Waals surface area (Å²) in [5, 5.41) is 0.160. The van der Waals surface area contributed by atoms with Crippen molar-refractivity contribution in [2.24, 2.45) is 5.73 Å². The Morgan fingerprint density at radius 2 is 1.87 bits per heavy atom. The second-order valence-electron chi connectivity index (χ2n) is 2.54. The van der Waals surface area contributed by atoms with Gasteiger partial charge in [-0.1, -0.05) is 34.8 Å². The van der Waals surface area contributed by atoms with E-state index in [0.29, 0.717) is 0 Å². The number of halogens is 5. The second kappa shape index (κ2) is 5.16. The van der Waals surface area contributed by atoms with E-state index in [9.17, 15) is 8.78 Å². The van der Waals surface area contributed by atoms with Crippen LogP contribution in [0.5, 0.6) is 5.75 Å². The van der Waals surface area contributed by atoms with Gasteiger partial charge in [0.05, 0.1) is 15.1 Å². The van der Waals surface area contributed by atoms with Crippen LogP contribution in [0.1, 0.15) is 5.56 Å². The van der Waals surface area contributed by atoms with Crippen LogP contribution in [0.4, 0.5) is 8.78 Å². The molecule has 1 aromatic carbocycles. The van der Waals surface area contributed by atoms with E-state index in [1.54, 1.807) is 0 Å². The van der Waals surface area contributed by atoms with E-state index in [1.807, 2.05) is 0 Å². The van der Waals surface area contributed by atoms with Crippen LogP contribution in [0, 0.1) is 0 Å². The summed E-state index contributed by atoms with van der Waals surface area (Å²) in [6.07, 6.45) is 0. The molecule has 84 valence electrons. The third kappa shape index (κ3) is 2.84. The van der Waals surface area contributed by atoms with Crippen molar-refractivity contribution in [2.75, 3.05) is 0 Å². The van der Waals surface area contributed by atoms with Crippen LogP contribution in [-0.2, 0) is 6.54 Å². The Morgan fingerprint density at radius 1 is 1.27 bits per heavy atom. The van der Waals surface area contributed by atoms with E-state index in [4.69, 9.17) is 40.5 Å². The molecule has 0 heterocycles. The largest absolute Gasteiger partial charge is 0.433 e. The van der Waals surface area contributed by atoms with Crippen molar-refractivity contribution in [1.29, 1.82) is 0 Å². The summed E-state index contributed by atoms with van der Waals surface area (Å²) in [5.41, 5.74) is 5.50. The molecule has 0 fully saturated rings. The summed E-state index contributed by atoms with van der Waals surface area (Å²) in [7, 11) is 0. The lowest BCUT2D eigenvalue weighted by atomic mass is 10.2. The number of hydrogen-bond acceptors (Lipinski definition) is 2. The van der Waals surface area contributed by atoms with E-state index < -0.39 is 6.61 Å². The van der Waals surface area contributed by atoms with E-state index >= 15 is 0 Å². The van der Waals surface area contributed by atoms with Crippen LogP contribution >= 0.6 is 34.8 Å². The number of alkyl halides is 2. The highest BCUT2D eigenvalue weighted by Crippen LogP contribution is 2.39. The monoisotopic (exact) mass is 275 g/mol. The maximum absolute atomic E-state index is 12.1. The Balaban J connectivity index is 3.29. The predicted molar refractivity (Wildman–Crippen MR) is 56.0 cm³/mol. The molecule has 1 rings (SSSR count). The van der Waals surface area contributed by atoms with Gasteiger partial charge in [0.1, 0.15) is 0 Å². The molecular weight excluding hydrogens is 270 g/mol. The predicted octanol–water partition coefficient (Wildman–Crippen LogP) is 3.71. The standard InChI is InChI=1S/C8H6Cl3F2NO/c9-4-1-5(10)7(15-8(12)13)3(2-14)6(4)11/h1,8H,2,14H2. The third-order valence-corrected chi connectivity index (χ3v) is 2.74. The number of hydrogen-bond donors (Lipinski definition) is 1. The number of rotatable bonds is 3. The minimum atomic E-state index is -3.00. The van der Waals surface area contributed by atoms with Gasteiger partial charge in [0.15, 0.2) is 5.75 Å². The molecule has 1 aromatic rings. The Hall–Kier alpha value is -0.290. The van der Waals surface area contributed by atoms with Gasteiger partial charge in [-0.3, -0.25) is 0 Å². The summed E-state index contributed by atoms with van der Waals surface area (Å²) in [4.78, 5) is 0. The molecule has 0 saturated heterocycles. The molecule has 2 nitrogen and oxygen atoms in total. The lowest BCUT2D eigenvalue weighted by Gasteiger charge is -2.13. The second-order valence-corrected chi connectivity index (χ2v) is 3.74. The number of nitrogens with two attached hydrogens (primary N) is 1. The fourth-order valence-electron chi connectivity index (χ4n) is 1.03. The maximum Gasteiger partial charge on any atom is 0.387 e. The molecule has 0 unspecified atom stereocenters. The average molecular weight is 276 g/mol. The highest BCUT2D eigenvalue weighted by atomic mass is 35.5. The van der Waals surface area contributed by atoms with Gasteiger partial charge in [-0.15, -0.1) is 0 Å². The van der Waals surface area contributed by atoms with Gasteiger partial charge in [0.2, 0.25) is 0 Å². The fraction of sp³-hybridized carbons (Fsp3) is 0.250. The van der Waals surface area contributed by atoms with Crippen LogP contribution in [0.3, 0.4) is 0 Å². The van der Waals surface area contributed by atoms with Crippen LogP contribution < -0.4 is 10.5 Å². The topological polar surface area (TPSA) is 35.2 Å².